The molecule has 0 unspecified atom stereocenters. The lowest BCUT2D eigenvalue weighted by Gasteiger charge is -2.33. The molecule has 1 aliphatic heterocycles. The number of aromatic nitrogens is 2. The molecule has 3 aromatic rings. The van der Waals surface area contributed by atoms with E-state index in [1.807, 2.05) is 61.2 Å². The molecule has 30 heavy (non-hydrogen) atoms. The van der Waals surface area contributed by atoms with Crippen molar-refractivity contribution in [1.82, 2.24) is 19.4 Å². The number of para-hydroxylation sites is 2. The van der Waals surface area contributed by atoms with Crippen LogP contribution in [0.25, 0.3) is 16.6 Å². The quantitative estimate of drug-likeness (QED) is 0.478. The largest absolute Gasteiger partial charge is 0.339 e. The molecule has 2 aromatic carbocycles. The van der Waals surface area contributed by atoms with E-state index >= 15 is 0 Å². The van der Waals surface area contributed by atoms with Gasteiger partial charge in [-0.1, -0.05) is 42.1 Å². The first-order valence-corrected chi connectivity index (χ1v) is 11.1. The zero-order valence-electron chi connectivity index (χ0n) is 17.5. The molecule has 1 aromatic heterocycles. The fourth-order valence-electron chi connectivity index (χ4n) is 3.71. The minimum Gasteiger partial charge on any atom is -0.339 e. The monoisotopic (exact) mass is 422 g/mol. The van der Waals surface area contributed by atoms with Crippen LogP contribution in [0, 0.1) is 6.92 Å². The summed E-state index contributed by atoms with van der Waals surface area (Å²) < 4.78 is 1.65. The summed E-state index contributed by atoms with van der Waals surface area (Å²) in [6, 6.07) is 15.1. The molecule has 0 aliphatic carbocycles. The van der Waals surface area contributed by atoms with E-state index in [9.17, 15) is 9.59 Å². The van der Waals surface area contributed by atoms with E-state index in [1.165, 1.54) is 11.8 Å². The number of aryl methyl sites for hydroxylation is 1. The summed E-state index contributed by atoms with van der Waals surface area (Å²) in [6.07, 6.45) is 0. The Kier molecular flexibility index (Phi) is 5.92. The number of hydrogen-bond donors (Lipinski definition) is 0. The van der Waals surface area contributed by atoms with Crippen molar-refractivity contribution in [3.8, 4) is 5.69 Å². The van der Waals surface area contributed by atoms with Crippen LogP contribution in [0.15, 0.2) is 58.5 Å². The summed E-state index contributed by atoms with van der Waals surface area (Å²) in [5.74, 6) is 0.0897. The molecule has 0 saturated carbocycles. The second-order valence-corrected chi connectivity index (χ2v) is 9.04. The molecule has 0 bridgehead atoms. The molecule has 0 radical (unpaired) electrons. The Labute approximate surface area is 180 Å². The van der Waals surface area contributed by atoms with E-state index in [1.54, 1.807) is 10.6 Å². The van der Waals surface area contributed by atoms with Gasteiger partial charge >= 0.3 is 0 Å². The van der Waals surface area contributed by atoms with Gasteiger partial charge in [0.25, 0.3) is 5.56 Å². The summed E-state index contributed by atoms with van der Waals surface area (Å²) in [5, 5.41) is 0.780. The molecule has 6 nitrogen and oxygen atoms in total. The lowest BCUT2D eigenvalue weighted by atomic mass is 10.2. The first-order chi connectivity index (χ1) is 14.5. The molecular formula is C23H26N4O2S. The third-order valence-electron chi connectivity index (χ3n) is 5.55. The first kappa shape index (κ1) is 20.6. The van der Waals surface area contributed by atoms with E-state index in [-0.39, 0.29) is 16.7 Å². The topological polar surface area (TPSA) is 58.4 Å². The van der Waals surface area contributed by atoms with Crippen LogP contribution in [0.5, 0.6) is 0 Å². The van der Waals surface area contributed by atoms with E-state index in [0.29, 0.717) is 16.1 Å². The predicted octanol–water partition coefficient (Wildman–Crippen LogP) is 2.95. The summed E-state index contributed by atoms with van der Waals surface area (Å²) in [4.78, 5) is 35.4. The number of piperazine rings is 1. The van der Waals surface area contributed by atoms with Gasteiger partial charge in [-0.2, -0.15) is 0 Å². The highest BCUT2D eigenvalue weighted by atomic mass is 32.2. The zero-order valence-corrected chi connectivity index (χ0v) is 18.4. The number of fused-ring (bicyclic) bond motifs is 1. The van der Waals surface area contributed by atoms with Gasteiger partial charge in [-0.05, 0) is 44.7 Å². The lowest BCUT2D eigenvalue weighted by molar-refractivity contribution is -0.131. The number of carbonyl (C=O) groups is 1. The molecule has 4 rings (SSSR count). The number of nitrogens with zero attached hydrogens (tertiary/aromatic N) is 4. The Morgan fingerprint density at radius 3 is 2.43 bits per heavy atom. The van der Waals surface area contributed by atoms with Gasteiger partial charge < -0.3 is 9.80 Å². The van der Waals surface area contributed by atoms with Gasteiger partial charge in [0.15, 0.2) is 5.16 Å². The van der Waals surface area contributed by atoms with Crippen molar-refractivity contribution in [3.63, 3.8) is 0 Å². The normalized spacial score (nSPS) is 16.0. The minimum atomic E-state index is -0.336. The Balaban J connectivity index is 1.74. The van der Waals surface area contributed by atoms with Crippen molar-refractivity contribution in [2.45, 2.75) is 24.3 Å². The number of thioether (sulfide) groups is 1. The van der Waals surface area contributed by atoms with E-state index < -0.39 is 0 Å². The van der Waals surface area contributed by atoms with Crippen LogP contribution in [-0.4, -0.2) is 63.7 Å². The molecular weight excluding hydrogens is 396 g/mol. The van der Waals surface area contributed by atoms with E-state index in [4.69, 9.17) is 4.98 Å². The van der Waals surface area contributed by atoms with Crippen molar-refractivity contribution < 1.29 is 4.79 Å². The van der Waals surface area contributed by atoms with Gasteiger partial charge in [-0.25, -0.2) is 4.98 Å². The highest BCUT2D eigenvalue weighted by Crippen LogP contribution is 2.27. The zero-order chi connectivity index (χ0) is 21.3. The minimum absolute atomic E-state index is 0.0897. The standard InChI is InChI=1S/C23H26N4O2S/c1-16-8-4-7-11-20(16)27-22(29)18-9-5-6-10-19(18)24-23(27)30-17(2)21(28)26-14-12-25(3)13-15-26/h4-11,17H,12-15H2,1-3H3/t17-/m1/s1. The number of amides is 1. The molecule has 156 valence electrons. The molecule has 1 fully saturated rings. The van der Waals surface area contributed by atoms with E-state index in [0.717, 1.165) is 37.4 Å². The molecule has 0 N–H and O–H groups in total. The van der Waals surface area contributed by atoms with Crippen LogP contribution in [-0.2, 0) is 4.79 Å². The van der Waals surface area contributed by atoms with Gasteiger partial charge in [0.05, 0.1) is 21.8 Å². The van der Waals surface area contributed by atoms with Crippen molar-refractivity contribution in [3.05, 3.63) is 64.4 Å². The van der Waals surface area contributed by atoms with Crippen molar-refractivity contribution >= 4 is 28.6 Å². The SMILES string of the molecule is Cc1ccccc1-n1c(S[C@H](C)C(=O)N2CCN(C)CC2)nc2ccccc2c1=O. The fourth-order valence-corrected chi connectivity index (χ4v) is 4.71. The first-order valence-electron chi connectivity index (χ1n) is 10.2. The summed E-state index contributed by atoms with van der Waals surface area (Å²) in [5.41, 5.74) is 2.31. The molecule has 1 atom stereocenters. The predicted molar refractivity (Wildman–Crippen MR) is 121 cm³/mol. The van der Waals surface area contributed by atoms with Crippen LogP contribution < -0.4 is 5.56 Å². The molecule has 1 amide bonds. The van der Waals surface area contributed by atoms with Gasteiger partial charge in [-0.3, -0.25) is 14.2 Å². The maximum absolute atomic E-state index is 13.4. The molecule has 2 heterocycles. The van der Waals surface area contributed by atoms with Crippen molar-refractivity contribution in [1.29, 1.82) is 0 Å². The summed E-state index contributed by atoms with van der Waals surface area (Å²) >= 11 is 1.35. The molecule has 7 heteroatoms. The fraction of sp³-hybridized carbons (Fsp3) is 0.348. The van der Waals surface area contributed by atoms with Gasteiger partial charge in [-0.15, -0.1) is 0 Å². The summed E-state index contributed by atoms with van der Waals surface area (Å²) in [6.45, 7) is 7.10. The third kappa shape index (κ3) is 4.00. The second-order valence-electron chi connectivity index (χ2n) is 7.73. The lowest BCUT2D eigenvalue weighted by Crippen LogP contribution is -2.49. The van der Waals surface area contributed by atoms with Crippen LogP contribution in [0.1, 0.15) is 12.5 Å². The van der Waals surface area contributed by atoms with E-state index in [2.05, 4.69) is 11.9 Å². The smallest absolute Gasteiger partial charge is 0.266 e. The van der Waals surface area contributed by atoms with Gasteiger partial charge in [0.1, 0.15) is 0 Å². The number of likely N-dealkylation sites (N-methyl/N-ethyl adjacent to an activating group) is 1. The Bertz CT molecular complexity index is 1140. The highest BCUT2D eigenvalue weighted by molar-refractivity contribution is 8.00. The molecule has 1 saturated heterocycles. The number of carbonyl (C=O) groups excluding carboxylic acids is 1. The van der Waals surface area contributed by atoms with Crippen molar-refractivity contribution in [2.75, 3.05) is 33.2 Å². The Morgan fingerprint density at radius 1 is 1.03 bits per heavy atom. The maximum Gasteiger partial charge on any atom is 0.266 e. The van der Waals surface area contributed by atoms with Crippen molar-refractivity contribution in [2.24, 2.45) is 0 Å². The highest BCUT2D eigenvalue weighted by Gasteiger charge is 2.26. The van der Waals surface area contributed by atoms with Crippen LogP contribution in [0.2, 0.25) is 0 Å². The number of hydrogen-bond acceptors (Lipinski definition) is 5. The van der Waals surface area contributed by atoms with Crippen LogP contribution in [0.4, 0.5) is 0 Å². The van der Waals surface area contributed by atoms with Gasteiger partial charge in [0, 0.05) is 26.2 Å². The maximum atomic E-state index is 13.4. The Morgan fingerprint density at radius 2 is 1.70 bits per heavy atom. The average molecular weight is 423 g/mol. The Hall–Kier alpha value is -2.64. The second kappa shape index (κ2) is 8.62. The van der Waals surface area contributed by atoms with Gasteiger partial charge in [0.2, 0.25) is 5.91 Å². The molecule has 1 aliphatic rings. The van der Waals surface area contributed by atoms with Crippen LogP contribution >= 0.6 is 11.8 Å². The third-order valence-corrected chi connectivity index (χ3v) is 6.59. The number of rotatable bonds is 4. The van der Waals surface area contributed by atoms with Crippen LogP contribution in [0.3, 0.4) is 0 Å². The molecule has 0 spiro atoms. The summed E-state index contributed by atoms with van der Waals surface area (Å²) in [7, 11) is 2.07. The number of benzene rings is 2. The average Bonchev–Trinajstić information content (AvgIpc) is 2.75.